The fourth-order valence-electron chi connectivity index (χ4n) is 4.49. The number of aromatic nitrogens is 3. The summed E-state index contributed by atoms with van der Waals surface area (Å²) in [6.45, 7) is 9.38. The molecule has 0 radical (unpaired) electrons. The Morgan fingerprint density at radius 3 is 2.18 bits per heavy atom. The van der Waals surface area contributed by atoms with Crippen LogP contribution in [-0.2, 0) is 24.4 Å². The molecule has 0 unspecified atom stereocenters. The molecule has 3 aromatic carbocycles. The van der Waals surface area contributed by atoms with Gasteiger partial charge in [-0.05, 0) is 85.5 Å². The zero-order valence-electron chi connectivity index (χ0n) is 26.0. The summed E-state index contributed by atoms with van der Waals surface area (Å²) in [7, 11) is -6.77. The molecule has 0 N–H and O–H groups in total. The standard InChI is InChI=1S/C31H29N3O5S2.C3H8/c1-20-33-30(39-34-20)28(22-11-13-26(14-12-22)40(4,35)36)17-21-8-6-9-23(16-21)27-19-25(31(2,3)41(5,37)38)18-24-10-7-15-32-29(24)27;1-3-2/h6-19H,1-5H3;3H2,1-2H3/b28-17+;. The number of pyridine rings is 1. The van der Waals surface area contributed by atoms with E-state index in [2.05, 4.69) is 29.0 Å². The van der Waals surface area contributed by atoms with Crippen LogP contribution in [0.4, 0.5) is 0 Å². The second-order valence-electron chi connectivity index (χ2n) is 11.2. The maximum Gasteiger partial charge on any atom is 0.258 e. The largest absolute Gasteiger partial charge is 0.334 e. The number of sulfone groups is 2. The van der Waals surface area contributed by atoms with E-state index in [0.29, 0.717) is 28.4 Å². The molecule has 0 spiro atoms. The van der Waals surface area contributed by atoms with Crippen LogP contribution in [-0.4, -0.2) is 44.5 Å². The predicted molar refractivity (Wildman–Crippen MR) is 177 cm³/mol. The fourth-order valence-corrected chi connectivity index (χ4v) is 5.67. The van der Waals surface area contributed by atoms with Crippen molar-refractivity contribution >= 4 is 42.2 Å². The van der Waals surface area contributed by atoms with Crippen LogP contribution in [0.1, 0.15) is 62.5 Å². The van der Waals surface area contributed by atoms with Crippen molar-refractivity contribution in [3.05, 3.63) is 107 Å². The Hall–Kier alpha value is -4.15. The second-order valence-corrected chi connectivity index (χ2v) is 15.8. The van der Waals surface area contributed by atoms with Gasteiger partial charge in [-0.25, -0.2) is 16.8 Å². The van der Waals surface area contributed by atoms with Gasteiger partial charge in [0.25, 0.3) is 5.89 Å². The molecule has 0 atom stereocenters. The van der Waals surface area contributed by atoms with Gasteiger partial charge in [-0.1, -0.05) is 61.8 Å². The molecule has 8 nitrogen and oxygen atoms in total. The Balaban J connectivity index is 0.00000141. The van der Waals surface area contributed by atoms with E-state index in [1.165, 1.54) is 12.7 Å². The highest BCUT2D eigenvalue weighted by Crippen LogP contribution is 2.37. The molecule has 10 heteroatoms. The molecule has 0 amide bonds. The fraction of sp³-hybridized carbons (Fsp3) is 0.265. The number of aryl methyl sites for hydroxylation is 1. The quantitative estimate of drug-likeness (QED) is 0.172. The second kappa shape index (κ2) is 12.8. The zero-order chi connectivity index (χ0) is 32.3. The lowest BCUT2D eigenvalue weighted by atomic mass is 9.92. The summed E-state index contributed by atoms with van der Waals surface area (Å²) in [6.07, 6.45) is 7.27. The summed E-state index contributed by atoms with van der Waals surface area (Å²) in [5, 5.41) is 4.77. The molecule has 0 saturated heterocycles. The molecular formula is C34H37N3O5S2. The maximum atomic E-state index is 12.7. The van der Waals surface area contributed by atoms with Crippen molar-refractivity contribution < 1.29 is 21.4 Å². The first-order valence-electron chi connectivity index (χ1n) is 14.2. The first-order chi connectivity index (χ1) is 20.7. The van der Waals surface area contributed by atoms with Crippen molar-refractivity contribution in [1.29, 1.82) is 0 Å². The third-order valence-electron chi connectivity index (χ3n) is 7.19. The van der Waals surface area contributed by atoms with Gasteiger partial charge in [0, 0.05) is 35.2 Å². The van der Waals surface area contributed by atoms with Crippen LogP contribution in [0.5, 0.6) is 0 Å². The summed E-state index contributed by atoms with van der Waals surface area (Å²) >= 11 is 0. The first kappa shape index (κ1) is 32.8. The molecule has 2 heterocycles. The van der Waals surface area contributed by atoms with Crippen LogP contribution in [0.15, 0.2) is 88.4 Å². The van der Waals surface area contributed by atoms with Crippen molar-refractivity contribution in [3.8, 4) is 11.1 Å². The summed E-state index contributed by atoms with van der Waals surface area (Å²) in [5.74, 6) is 0.763. The Morgan fingerprint density at radius 1 is 0.909 bits per heavy atom. The number of fused-ring (bicyclic) bond motifs is 1. The lowest BCUT2D eigenvalue weighted by Gasteiger charge is -2.24. The number of hydrogen-bond acceptors (Lipinski definition) is 8. The van der Waals surface area contributed by atoms with Crippen LogP contribution in [0, 0.1) is 6.92 Å². The summed E-state index contributed by atoms with van der Waals surface area (Å²) in [5.41, 5.74) is 5.22. The lowest BCUT2D eigenvalue weighted by molar-refractivity contribution is 0.403. The van der Waals surface area contributed by atoms with E-state index >= 15 is 0 Å². The molecule has 2 aromatic heterocycles. The van der Waals surface area contributed by atoms with Crippen LogP contribution in [0.25, 0.3) is 33.7 Å². The van der Waals surface area contributed by atoms with Crippen molar-refractivity contribution in [2.24, 2.45) is 0 Å². The summed E-state index contributed by atoms with van der Waals surface area (Å²) < 4.78 is 53.7. The third kappa shape index (κ3) is 7.14. The molecule has 44 heavy (non-hydrogen) atoms. The Morgan fingerprint density at radius 2 is 1.59 bits per heavy atom. The molecule has 0 saturated carbocycles. The van der Waals surface area contributed by atoms with Crippen LogP contribution < -0.4 is 0 Å². The molecule has 0 fully saturated rings. The van der Waals surface area contributed by atoms with Gasteiger partial charge < -0.3 is 4.52 Å². The number of benzene rings is 3. The molecule has 0 bridgehead atoms. The topological polar surface area (TPSA) is 120 Å². The number of hydrogen-bond donors (Lipinski definition) is 0. The molecular weight excluding hydrogens is 595 g/mol. The van der Waals surface area contributed by atoms with Crippen LogP contribution in [0.2, 0.25) is 0 Å². The van der Waals surface area contributed by atoms with Crippen molar-refractivity contribution in [2.75, 3.05) is 12.5 Å². The van der Waals surface area contributed by atoms with E-state index in [4.69, 9.17) is 4.52 Å². The van der Waals surface area contributed by atoms with E-state index in [1.807, 2.05) is 54.6 Å². The molecule has 5 aromatic rings. The molecule has 0 aliphatic heterocycles. The summed E-state index contributed by atoms with van der Waals surface area (Å²) in [6, 6.07) is 21.8. The predicted octanol–water partition coefficient (Wildman–Crippen LogP) is 7.28. The van der Waals surface area contributed by atoms with Gasteiger partial charge in [0.05, 0.1) is 15.2 Å². The van der Waals surface area contributed by atoms with E-state index in [9.17, 15) is 16.8 Å². The average Bonchev–Trinajstić information content (AvgIpc) is 3.40. The van der Waals surface area contributed by atoms with Gasteiger partial charge in [0.15, 0.2) is 25.5 Å². The highest BCUT2D eigenvalue weighted by molar-refractivity contribution is 7.91. The first-order valence-corrected chi connectivity index (χ1v) is 18.0. The monoisotopic (exact) mass is 631 g/mol. The van der Waals surface area contributed by atoms with Gasteiger partial charge in [0.1, 0.15) is 0 Å². The minimum absolute atomic E-state index is 0.209. The van der Waals surface area contributed by atoms with Gasteiger partial charge in [-0.15, -0.1) is 0 Å². The highest BCUT2D eigenvalue weighted by atomic mass is 32.2. The van der Waals surface area contributed by atoms with Crippen molar-refractivity contribution in [1.82, 2.24) is 15.1 Å². The lowest BCUT2D eigenvalue weighted by Crippen LogP contribution is -2.28. The average molecular weight is 632 g/mol. The normalized spacial score (nSPS) is 12.6. The molecule has 0 aliphatic carbocycles. The van der Waals surface area contributed by atoms with E-state index in [1.54, 1.807) is 51.2 Å². The molecule has 5 rings (SSSR count). The maximum absolute atomic E-state index is 12.7. The highest BCUT2D eigenvalue weighted by Gasteiger charge is 2.33. The van der Waals surface area contributed by atoms with Gasteiger partial charge >= 0.3 is 0 Å². The smallest absolute Gasteiger partial charge is 0.258 e. The molecule has 230 valence electrons. The van der Waals surface area contributed by atoms with E-state index < -0.39 is 24.4 Å². The van der Waals surface area contributed by atoms with Crippen molar-refractivity contribution in [3.63, 3.8) is 0 Å². The third-order valence-corrected chi connectivity index (χ3v) is 10.4. The van der Waals surface area contributed by atoms with Crippen LogP contribution >= 0.6 is 0 Å². The van der Waals surface area contributed by atoms with Gasteiger partial charge in [-0.3, -0.25) is 4.98 Å². The minimum atomic E-state index is -3.41. The Bertz CT molecular complexity index is 2040. The number of rotatable bonds is 7. The zero-order valence-corrected chi connectivity index (χ0v) is 27.6. The van der Waals surface area contributed by atoms with Gasteiger partial charge in [0.2, 0.25) is 0 Å². The van der Waals surface area contributed by atoms with Gasteiger partial charge in [-0.2, -0.15) is 4.98 Å². The van der Waals surface area contributed by atoms with E-state index in [-0.39, 0.29) is 4.90 Å². The minimum Gasteiger partial charge on any atom is -0.334 e. The van der Waals surface area contributed by atoms with E-state index in [0.717, 1.165) is 33.8 Å². The SMILES string of the molecule is CCC.Cc1noc(/C(=C/c2cccc(-c3cc(C(C)(C)S(C)(=O)=O)cc4cccnc34)c2)c2ccc(S(C)(=O)=O)cc2)n1. The van der Waals surface area contributed by atoms with Crippen molar-refractivity contribution in [2.45, 2.75) is 50.7 Å². The summed E-state index contributed by atoms with van der Waals surface area (Å²) in [4.78, 5) is 9.23. The molecule has 0 aliphatic rings. The number of nitrogens with zero attached hydrogens (tertiary/aromatic N) is 3. The Labute approximate surface area is 259 Å². The van der Waals surface area contributed by atoms with Crippen LogP contribution in [0.3, 0.4) is 0 Å². The Kier molecular flexibility index (Phi) is 9.56.